The van der Waals surface area contributed by atoms with E-state index in [4.69, 9.17) is 9.15 Å². The highest BCUT2D eigenvalue weighted by Gasteiger charge is 2.21. The molecule has 1 saturated heterocycles. The molecule has 1 aliphatic heterocycles. The van der Waals surface area contributed by atoms with Gasteiger partial charge in [-0.05, 0) is 25.2 Å². The number of ether oxygens (including phenoxy) is 1. The van der Waals surface area contributed by atoms with Crippen molar-refractivity contribution in [1.82, 2.24) is 10.2 Å². The van der Waals surface area contributed by atoms with E-state index in [1.807, 2.05) is 24.5 Å². The number of nitrogens with one attached hydrogen (secondary N) is 1. The maximum absolute atomic E-state index is 5.62. The standard InChI is InChI=1S/C14H18N2O2/c1-16-6-5-15-13(8-16)12-9-18-14-4-3-10(17-2)7-11(12)14/h3-4,7,9,13,15H,5-6,8H2,1-2H3. The number of piperazine rings is 1. The summed E-state index contributed by atoms with van der Waals surface area (Å²) in [5.74, 6) is 0.870. The van der Waals surface area contributed by atoms with Crippen molar-refractivity contribution in [3.63, 3.8) is 0 Å². The second-order valence-corrected chi connectivity index (χ2v) is 4.82. The SMILES string of the molecule is COc1ccc2occ(C3CN(C)CCN3)c2c1. The molecule has 2 heterocycles. The molecule has 3 rings (SSSR count). The lowest BCUT2D eigenvalue weighted by Gasteiger charge is -2.30. The van der Waals surface area contributed by atoms with Crippen molar-refractivity contribution >= 4 is 11.0 Å². The van der Waals surface area contributed by atoms with Gasteiger partial charge in [0.05, 0.1) is 13.4 Å². The van der Waals surface area contributed by atoms with Crippen LogP contribution in [-0.2, 0) is 0 Å². The monoisotopic (exact) mass is 246 g/mol. The van der Waals surface area contributed by atoms with Gasteiger partial charge in [-0.2, -0.15) is 0 Å². The Bertz CT molecular complexity index is 550. The number of likely N-dealkylation sites (N-methyl/N-ethyl adjacent to an activating group) is 1. The number of hydrogen-bond acceptors (Lipinski definition) is 4. The molecule has 18 heavy (non-hydrogen) atoms. The lowest BCUT2D eigenvalue weighted by atomic mass is 10.0. The average molecular weight is 246 g/mol. The molecule has 0 radical (unpaired) electrons. The minimum absolute atomic E-state index is 0.331. The van der Waals surface area contributed by atoms with Crippen molar-refractivity contribution < 1.29 is 9.15 Å². The van der Waals surface area contributed by atoms with Crippen LogP contribution in [-0.4, -0.2) is 38.7 Å². The van der Waals surface area contributed by atoms with Crippen molar-refractivity contribution in [2.24, 2.45) is 0 Å². The summed E-state index contributed by atoms with van der Waals surface area (Å²) in [4.78, 5) is 2.33. The van der Waals surface area contributed by atoms with Crippen LogP contribution in [0.3, 0.4) is 0 Å². The van der Waals surface area contributed by atoms with Gasteiger partial charge in [-0.25, -0.2) is 0 Å². The van der Waals surface area contributed by atoms with Crippen LogP contribution < -0.4 is 10.1 Å². The fourth-order valence-corrected chi connectivity index (χ4v) is 2.53. The Morgan fingerprint density at radius 1 is 1.44 bits per heavy atom. The minimum Gasteiger partial charge on any atom is -0.497 e. The van der Waals surface area contributed by atoms with Gasteiger partial charge in [0.15, 0.2) is 0 Å². The van der Waals surface area contributed by atoms with Crippen molar-refractivity contribution in [2.45, 2.75) is 6.04 Å². The van der Waals surface area contributed by atoms with E-state index in [9.17, 15) is 0 Å². The summed E-state index contributed by atoms with van der Waals surface area (Å²) in [5.41, 5.74) is 2.14. The van der Waals surface area contributed by atoms with Gasteiger partial charge in [-0.1, -0.05) is 0 Å². The molecule has 0 amide bonds. The third-order valence-corrected chi connectivity index (χ3v) is 3.56. The average Bonchev–Trinajstić information content (AvgIpc) is 2.81. The Labute approximate surface area is 107 Å². The Balaban J connectivity index is 2.00. The highest BCUT2D eigenvalue weighted by atomic mass is 16.5. The lowest BCUT2D eigenvalue weighted by molar-refractivity contribution is 0.241. The summed E-state index contributed by atoms with van der Waals surface area (Å²) in [6, 6.07) is 6.27. The number of fused-ring (bicyclic) bond motifs is 1. The van der Waals surface area contributed by atoms with Crippen LogP contribution in [0.1, 0.15) is 11.6 Å². The highest BCUT2D eigenvalue weighted by Crippen LogP contribution is 2.30. The molecule has 1 fully saturated rings. The van der Waals surface area contributed by atoms with Crippen LogP contribution >= 0.6 is 0 Å². The van der Waals surface area contributed by atoms with Crippen LogP contribution in [0.25, 0.3) is 11.0 Å². The summed E-state index contributed by atoms with van der Waals surface area (Å²) in [6.45, 7) is 3.11. The van der Waals surface area contributed by atoms with Gasteiger partial charge in [-0.3, -0.25) is 0 Å². The molecule has 1 aromatic carbocycles. The third-order valence-electron chi connectivity index (χ3n) is 3.56. The molecule has 1 unspecified atom stereocenters. The molecule has 1 N–H and O–H groups in total. The molecule has 4 nitrogen and oxygen atoms in total. The molecule has 1 aliphatic rings. The number of benzene rings is 1. The van der Waals surface area contributed by atoms with Gasteiger partial charge in [0.1, 0.15) is 11.3 Å². The van der Waals surface area contributed by atoms with Gasteiger partial charge < -0.3 is 19.4 Å². The molecule has 0 bridgehead atoms. The Kier molecular flexibility index (Phi) is 2.97. The number of methoxy groups -OCH3 is 1. The van der Waals surface area contributed by atoms with E-state index in [1.165, 1.54) is 5.56 Å². The topological polar surface area (TPSA) is 37.6 Å². The summed E-state index contributed by atoms with van der Waals surface area (Å²) in [7, 11) is 3.84. The van der Waals surface area contributed by atoms with E-state index < -0.39 is 0 Å². The molecular weight excluding hydrogens is 228 g/mol. The lowest BCUT2D eigenvalue weighted by Crippen LogP contribution is -2.43. The van der Waals surface area contributed by atoms with E-state index >= 15 is 0 Å². The van der Waals surface area contributed by atoms with Gasteiger partial charge >= 0.3 is 0 Å². The van der Waals surface area contributed by atoms with Crippen LogP contribution in [0.5, 0.6) is 5.75 Å². The van der Waals surface area contributed by atoms with Crippen LogP contribution in [0.4, 0.5) is 0 Å². The van der Waals surface area contributed by atoms with Crippen LogP contribution in [0.15, 0.2) is 28.9 Å². The van der Waals surface area contributed by atoms with Gasteiger partial charge in [0, 0.05) is 36.6 Å². The fraction of sp³-hybridized carbons (Fsp3) is 0.429. The first kappa shape index (κ1) is 11.6. The predicted octanol–water partition coefficient (Wildman–Crippen LogP) is 2.02. The molecule has 4 heteroatoms. The van der Waals surface area contributed by atoms with Gasteiger partial charge in [0.25, 0.3) is 0 Å². The van der Waals surface area contributed by atoms with Gasteiger partial charge in [-0.15, -0.1) is 0 Å². The van der Waals surface area contributed by atoms with Crippen molar-refractivity contribution in [3.8, 4) is 5.75 Å². The Hall–Kier alpha value is -1.52. The van der Waals surface area contributed by atoms with Crippen molar-refractivity contribution in [3.05, 3.63) is 30.0 Å². The fourth-order valence-electron chi connectivity index (χ4n) is 2.53. The summed E-state index contributed by atoms with van der Waals surface area (Å²) < 4.78 is 10.9. The predicted molar refractivity (Wildman–Crippen MR) is 71.0 cm³/mol. The minimum atomic E-state index is 0.331. The summed E-state index contributed by atoms with van der Waals surface area (Å²) in [6.07, 6.45) is 1.86. The number of nitrogens with zero attached hydrogens (tertiary/aromatic N) is 1. The third kappa shape index (κ3) is 1.98. The molecule has 0 aliphatic carbocycles. The largest absolute Gasteiger partial charge is 0.497 e. The zero-order chi connectivity index (χ0) is 12.5. The highest BCUT2D eigenvalue weighted by molar-refractivity contribution is 5.83. The van der Waals surface area contributed by atoms with E-state index in [2.05, 4.69) is 17.3 Å². The Morgan fingerprint density at radius 2 is 2.33 bits per heavy atom. The number of furan rings is 1. The molecule has 0 saturated carbocycles. The smallest absolute Gasteiger partial charge is 0.134 e. The zero-order valence-electron chi connectivity index (χ0n) is 10.8. The molecule has 2 aromatic rings. The molecular formula is C14H18N2O2. The van der Waals surface area contributed by atoms with Crippen LogP contribution in [0, 0.1) is 0 Å². The van der Waals surface area contributed by atoms with E-state index in [1.54, 1.807) is 7.11 Å². The maximum atomic E-state index is 5.62. The summed E-state index contributed by atoms with van der Waals surface area (Å²) >= 11 is 0. The molecule has 1 aromatic heterocycles. The van der Waals surface area contributed by atoms with E-state index in [0.717, 1.165) is 36.4 Å². The van der Waals surface area contributed by atoms with Crippen molar-refractivity contribution in [1.29, 1.82) is 0 Å². The Morgan fingerprint density at radius 3 is 3.11 bits per heavy atom. The first-order chi connectivity index (χ1) is 8.78. The molecule has 96 valence electrons. The summed E-state index contributed by atoms with van der Waals surface area (Å²) in [5, 5.41) is 4.68. The van der Waals surface area contributed by atoms with Crippen molar-refractivity contribution in [2.75, 3.05) is 33.8 Å². The second kappa shape index (κ2) is 4.63. The molecule has 0 spiro atoms. The zero-order valence-corrected chi connectivity index (χ0v) is 10.8. The molecule has 1 atom stereocenters. The van der Waals surface area contributed by atoms with Gasteiger partial charge in [0.2, 0.25) is 0 Å². The maximum Gasteiger partial charge on any atom is 0.134 e. The first-order valence-electron chi connectivity index (χ1n) is 6.25. The van der Waals surface area contributed by atoms with Crippen LogP contribution in [0.2, 0.25) is 0 Å². The quantitative estimate of drug-likeness (QED) is 0.879. The second-order valence-electron chi connectivity index (χ2n) is 4.82. The van der Waals surface area contributed by atoms with E-state index in [-0.39, 0.29) is 0 Å². The number of hydrogen-bond donors (Lipinski definition) is 1. The number of rotatable bonds is 2. The normalized spacial score (nSPS) is 21.3. The first-order valence-corrected chi connectivity index (χ1v) is 6.25. The van der Waals surface area contributed by atoms with E-state index in [0.29, 0.717) is 6.04 Å².